The van der Waals surface area contributed by atoms with Gasteiger partial charge in [-0.15, -0.1) is 0 Å². The standard InChI is InChI=1S/C9H16N4O2/c1-9(5-14,6-15)13-7-3-4-11-8(10-2)12-7/h3-4,14-15H,5-6H2,1-2H3,(H2,10,11,12,13). The summed E-state index contributed by atoms with van der Waals surface area (Å²) in [5.74, 6) is 1.04. The smallest absolute Gasteiger partial charge is 0.224 e. The Bertz CT molecular complexity index is 315. The highest BCUT2D eigenvalue weighted by Crippen LogP contribution is 2.12. The van der Waals surface area contributed by atoms with Gasteiger partial charge in [-0.05, 0) is 13.0 Å². The Hall–Kier alpha value is -1.40. The van der Waals surface area contributed by atoms with Crippen molar-refractivity contribution in [3.63, 3.8) is 0 Å². The highest BCUT2D eigenvalue weighted by Gasteiger charge is 2.22. The number of aliphatic hydroxyl groups excluding tert-OH is 2. The van der Waals surface area contributed by atoms with Crippen LogP contribution in [-0.4, -0.2) is 46.0 Å². The predicted octanol–water partition coefficient (Wildman–Crippen LogP) is -0.327. The molecule has 1 aromatic heterocycles. The Morgan fingerprint density at radius 1 is 1.40 bits per heavy atom. The third-order valence-electron chi connectivity index (χ3n) is 2.01. The van der Waals surface area contributed by atoms with Crippen molar-refractivity contribution in [3.05, 3.63) is 12.3 Å². The molecule has 84 valence electrons. The van der Waals surface area contributed by atoms with Gasteiger partial charge in [0.25, 0.3) is 0 Å². The minimum absolute atomic E-state index is 0.178. The van der Waals surface area contributed by atoms with E-state index in [0.717, 1.165) is 0 Å². The molecule has 0 amide bonds. The minimum Gasteiger partial charge on any atom is -0.394 e. The fourth-order valence-corrected chi connectivity index (χ4v) is 0.987. The number of aliphatic hydroxyl groups is 2. The quantitative estimate of drug-likeness (QED) is 0.534. The van der Waals surface area contributed by atoms with E-state index < -0.39 is 5.54 Å². The van der Waals surface area contributed by atoms with Crippen LogP contribution in [0, 0.1) is 0 Å². The molecule has 1 aromatic rings. The van der Waals surface area contributed by atoms with Crippen molar-refractivity contribution in [2.75, 3.05) is 30.9 Å². The molecule has 0 aromatic carbocycles. The summed E-state index contributed by atoms with van der Waals surface area (Å²) in [7, 11) is 1.72. The van der Waals surface area contributed by atoms with Gasteiger partial charge in [0.05, 0.1) is 18.8 Å². The van der Waals surface area contributed by atoms with Gasteiger partial charge in [0.1, 0.15) is 5.82 Å². The lowest BCUT2D eigenvalue weighted by Crippen LogP contribution is -2.42. The maximum absolute atomic E-state index is 9.09. The van der Waals surface area contributed by atoms with Gasteiger partial charge in [-0.2, -0.15) is 4.98 Å². The van der Waals surface area contributed by atoms with E-state index >= 15 is 0 Å². The lowest BCUT2D eigenvalue weighted by Gasteiger charge is -2.26. The molecule has 0 aliphatic heterocycles. The third-order valence-corrected chi connectivity index (χ3v) is 2.01. The molecule has 0 fully saturated rings. The normalized spacial score (nSPS) is 11.2. The number of aromatic nitrogens is 2. The summed E-state index contributed by atoms with van der Waals surface area (Å²) in [6.07, 6.45) is 1.59. The Kier molecular flexibility index (Phi) is 3.81. The summed E-state index contributed by atoms with van der Waals surface area (Å²) < 4.78 is 0. The zero-order valence-electron chi connectivity index (χ0n) is 8.86. The van der Waals surface area contributed by atoms with E-state index in [0.29, 0.717) is 11.8 Å². The number of rotatable bonds is 5. The van der Waals surface area contributed by atoms with E-state index in [4.69, 9.17) is 10.2 Å². The second kappa shape index (κ2) is 4.90. The van der Waals surface area contributed by atoms with Crippen LogP contribution in [0.5, 0.6) is 0 Å². The number of hydrogen-bond donors (Lipinski definition) is 4. The molecule has 0 saturated heterocycles. The number of anilines is 2. The second-order valence-electron chi connectivity index (χ2n) is 3.52. The number of nitrogens with one attached hydrogen (secondary N) is 2. The van der Waals surface area contributed by atoms with E-state index in [2.05, 4.69) is 20.6 Å². The first kappa shape index (κ1) is 11.7. The van der Waals surface area contributed by atoms with Gasteiger partial charge in [0, 0.05) is 13.2 Å². The molecule has 0 unspecified atom stereocenters. The molecule has 6 nitrogen and oxygen atoms in total. The summed E-state index contributed by atoms with van der Waals surface area (Å²) in [6.45, 7) is 1.35. The molecule has 0 aliphatic rings. The van der Waals surface area contributed by atoms with Crippen molar-refractivity contribution in [1.29, 1.82) is 0 Å². The molecular formula is C9H16N4O2. The summed E-state index contributed by atoms with van der Waals surface area (Å²) >= 11 is 0. The maximum Gasteiger partial charge on any atom is 0.224 e. The van der Waals surface area contributed by atoms with Crippen molar-refractivity contribution in [3.8, 4) is 0 Å². The lowest BCUT2D eigenvalue weighted by atomic mass is 10.1. The molecule has 6 heteroatoms. The second-order valence-corrected chi connectivity index (χ2v) is 3.52. The topological polar surface area (TPSA) is 90.3 Å². The molecule has 0 spiro atoms. The van der Waals surface area contributed by atoms with Gasteiger partial charge in [-0.25, -0.2) is 4.98 Å². The first-order valence-electron chi connectivity index (χ1n) is 4.64. The Morgan fingerprint density at radius 2 is 2.07 bits per heavy atom. The molecule has 1 heterocycles. The zero-order valence-corrected chi connectivity index (χ0v) is 8.86. The Morgan fingerprint density at radius 3 is 2.60 bits per heavy atom. The lowest BCUT2D eigenvalue weighted by molar-refractivity contribution is 0.147. The fourth-order valence-electron chi connectivity index (χ4n) is 0.987. The van der Waals surface area contributed by atoms with Crippen LogP contribution in [0.3, 0.4) is 0 Å². The number of hydrogen-bond acceptors (Lipinski definition) is 6. The van der Waals surface area contributed by atoms with Crippen molar-refractivity contribution < 1.29 is 10.2 Å². The van der Waals surface area contributed by atoms with Crippen LogP contribution in [0.25, 0.3) is 0 Å². The van der Waals surface area contributed by atoms with Crippen LogP contribution in [0.1, 0.15) is 6.92 Å². The molecule has 0 atom stereocenters. The highest BCUT2D eigenvalue weighted by atomic mass is 16.3. The summed E-state index contributed by atoms with van der Waals surface area (Å²) in [4.78, 5) is 8.07. The SMILES string of the molecule is CNc1nccc(NC(C)(CO)CO)n1. The molecule has 1 rings (SSSR count). The molecule has 15 heavy (non-hydrogen) atoms. The largest absolute Gasteiger partial charge is 0.394 e. The summed E-state index contributed by atoms with van der Waals surface area (Å²) in [6, 6.07) is 1.67. The fraction of sp³-hybridized carbons (Fsp3) is 0.556. The van der Waals surface area contributed by atoms with Crippen LogP contribution < -0.4 is 10.6 Å². The Labute approximate surface area is 88.4 Å². The average molecular weight is 212 g/mol. The van der Waals surface area contributed by atoms with Crippen LogP contribution in [-0.2, 0) is 0 Å². The van der Waals surface area contributed by atoms with Gasteiger partial charge in [0.2, 0.25) is 5.95 Å². The molecule has 0 radical (unpaired) electrons. The molecule has 0 bridgehead atoms. The van der Waals surface area contributed by atoms with Crippen LogP contribution in [0.15, 0.2) is 12.3 Å². The first-order valence-corrected chi connectivity index (χ1v) is 4.64. The van der Waals surface area contributed by atoms with Gasteiger partial charge < -0.3 is 20.8 Å². The Balaban J connectivity index is 2.79. The van der Waals surface area contributed by atoms with Crippen LogP contribution in [0.2, 0.25) is 0 Å². The van der Waals surface area contributed by atoms with Crippen molar-refractivity contribution in [2.45, 2.75) is 12.5 Å². The highest BCUT2D eigenvalue weighted by molar-refractivity contribution is 5.41. The summed E-state index contributed by atoms with van der Waals surface area (Å²) in [5, 5.41) is 23.9. The first-order chi connectivity index (χ1) is 7.13. The van der Waals surface area contributed by atoms with E-state index in [9.17, 15) is 0 Å². The van der Waals surface area contributed by atoms with Crippen LogP contribution in [0.4, 0.5) is 11.8 Å². The average Bonchev–Trinajstić information content (AvgIpc) is 2.29. The molecular weight excluding hydrogens is 196 g/mol. The number of nitrogens with zero attached hydrogens (tertiary/aromatic N) is 2. The maximum atomic E-state index is 9.09. The van der Waals surface area contributed by atoms with E-state index in [1.165, 1.54) is 0 Å². The van der Waals surface area contributed by atoms with E-state index in [1.54, 1.807) is 26.2 Å². The zero-order chi connectivity index (χ0) is 11.3. The van der Waals surface area contributed by atoms with Crippen molar-refractivity contribution in [1.82, 2.24) is 9.97 Å². The monoisotopic (exact) mass is 212 g/mol. The van der Waals surface area contributed by atoms with Crippen LogP contribution >= 0.6 is 0 Å². The van der Waals surface area contributed by atoms with Crippen molar-refractivity contribution >= 4 is 11.8 Å². The van der Waals surface area contributed by atoms with E-state index in [-0.39, 0.29) is 13.2 Å². The molecule has 4 N–H and O–H groups in total. The molecule has 0 aliphatic carbocycles. The predicted molar refractivity (Wildman–Crippen MR) is 57.8 cm³/mol. The van der Waals surface area contributed by atoms with Crippen molar-refractivity contribution in [2.24, 2.45) is 0 Å². The van der Waals surface area contributed by atoms with Gasteiger partial charge in [-0.1, -0.05) is 0 Å². The third kappa shape index (κ3) is 3.03. The van der Waals surface area contributed by atoms with Gasteiger partial charge in [-0.3, -0.25) is 0 Å². The minimum atomic E-state index is -0.778. The summed E-state index contributed by atoms with van der Waals surface area (Å²) in [5.41, 5.74) is -0.778. The molecule has 0 saturated carbocycles. The van der Waals surface area contributed by atoms with Gasteiger partial charge in [0.15, 0.2) is 0 Å². The van der Waals surface area contributed by atoms with Gasteiger partial charge >= 0.3 is 0 Å². The van der Waals surface area contributed by atoms with E-state index in [1.807, 2.05) is 0 Å².